The molecule has 8 heteroatoms. The Balaban J connectivity index is 0. The molecule has 2 N–H and O–H groups in total. The van der Waals surface area contributed by atoms with E-state index >= 15 is 0 Å². The van der Waals surface area contributed by atoms with Crippen molar-refractivity contribution in [1.29, 1.82) is 0 Å². The summed E-state index contributed by atoms with van der Waals surface area (Å²) in [5, 5.41) is 26.6. The summed E-state index contributed by atoms with van der Waals surface area (Å²) in [6.45, 7) is -1.99. The molecule has 0 spiro atoms. The second-order valence-corrected chi connectivity index (χ2v) is 2.30. The van der Waals surface area contributed by atoms with E-state index in [-0.39, 0.29) is 29.6 Å². The Morgan fingerprint density at radius 3 is 1.57 bits per heavy atom. The molecule has 0 radical (unpaired) electrons. The SMILES string of the molecule is O=C([O-])CN(CC(=O)O)CC(=O)O.[Na+]. The molecule has 74 valence electrons. The zero-order chi connectivity index (χ0) is 10.4. The zero-order valence-corrected chi connectivity index (χ0v) is 9.60. The molecule has 0 saturated carbocycles. The molecule has 0 amide bonds. The number of carbonyl (C=O) groups excluding carboxylic acids is 1. The topological polar surface area (TPSA) is 118 Å². The molecule has 0 fully saturated rings. The number of carboxylic acids is 3. The van der Waals surface area contributed by atoms with E-state index in [1.807, 2.05) is 0 Å². The monoisotopic (exact) mass is 213 g/mol. The van der Waals surface area contributed by atoms with E-state index < -0.39 is 37.5 Å². The van der Waals surface area contributed by atoms with Crippen LogP contribution in [0.4, 0.5) is 0 Å². The van der Waals surface area contributed by atoms with Crippen LogP contribution in [0.3, 0.4) is 0 Å². The molecule has 0 aliphatic heterocycles. The minimum Gasteiger partial charge on any atom is -0.549 e. The Bertz CT molecular complexity index is 192. The van der Waals surface area contributed by atoms with Crippen molar-refractivity contribution in [1.82, 2.24) is 4.90 Å². The molecule has 0 aromatic heterocycles. The summed E-state index contributed by atoms with van der Waals surface area (Å²) >= 11 is 0. The number of hydrogen-bond acceptors (Lipinski definition) is 5. The van der Waals surface area contributed by atoms with E-state index in [0.717, 1.165) is 4.90 Å². The van der Waals surface area contributed by atoms with Gasteiger partial charge in [0.15, 0.2) is 0 Å². The average molecular weight is 213 g/mol. The molecule has 0 aliphatic rings. The van der Waals surface area contributed by atoms with Crippen LogP contribution in [0, 0.1) is 0 Å². The summed E-state index contributed by atoms with van der Waals surface area (Å²) in [4.78, 5) is 31.0. The van der Waals surface area contributed by atoms with Crippen molar-refractivity contribution in [2.75, 3.05) is 19.6 Å². The van der Waals surface area contributed by atoms with Crippen LogP contribution >= 0.6 is 0 Å². The molecule has 0 aromatic rings. The second kappa shape index (κ2) is 7.74. The summed E-state index contributed by atoms with van der Waals surface area (Å²) in [6, 6.07) is 0. The van der Waals surface area contributed by atoms with Gasteiger partial charge < -0.3 is 20.1 Å². The van der Waals surface area contributed by atoms with Crippen molar-refractivity contribution in [3.05, 3.63) is 0 Å². The van der Waals surface area contributed by atoms with E-state index in [1.54, 1.807) is 0 Å². The van der Waals surface area contributed by atoms with Gasteiger partial charge in [0.25, 0.3) is 0 Å². The first-order valence-electron chi connectivity index (χ1n) is 3.27. The summed E-state index contributed by atoms with van der Waals surface area (Å²) in [5.74, 6) is -4.09. The van der Waals surface area contributed by atoms with Gasteiger partial charge in [-0.3, -0.25) is 14.5 Å². The van der Waals surface area contributed by atoms with E-state index in [2.05, 4.69) is 0 Å². The van der Waals surface area contributed by atoms with Crippen molar-refractivity contribution in [2.45, 2.75) is 0 Å². The maximum Gasteiger partial charge on any atom is 1.00 e. The number of carboxylic acid groups (broad SMARTS) is 3. The quantitative estimate of drug-likeness (QED) is 0.422. The van der Waals surface area contributed by atoms with Gasteiger partial charge in [-0.25, -0.2) is 0 Å². The third-order valence-electron chi connectivity index (χ3n) is 1.07. The summed E-state index contributed by atoms with van der Waals surface area (Å²) in [5.41, 5.74) is 0. The van der Waals surface area contributed by atoms with Gasteiger partial charge in [-0.2, -0.15) is 0 Å². The molecule has 0 aromatic carbocycles. The maximum atomic E-state index is 10.1. The first-order chi connectivity index (χ1) is 5.91. The van der Waals surface area contributed by atoms with Crippen LogP contribution in [-0.4, -0.2) is 52.7 Å². The van der Waals surface area contributed by atoms with E-state index in [4.69, 9.17) is 10.2 Å². The van der Waals surface area contributed by atoms with Gasteiger partial charge in [-0.15, -0.1) is 0 Å². The van der Waals surface area contributed by atoms with Gasteiger partial charge in [-0.05, 0) is 0 Å². The fourth-order valence-corrected chi connectivity index (χ4v) is 0.733. The minimum atomic E-state index is -1.51. The molecule has 0 heterocycles. The number of carbonyl (C=O) groups is 3. The average Bonchev–Trinajstić information content (AvgIpc) is 1.80. The molecular formula is C6H8NNaO6. The molecule has 0 atom stereocenters. The number of hydrogen-bond donors (Lipinski definition) is 2. The van der Waals surface area contributed by atoms with Gasteiger partial charge >= 0.3 is 41.5 Å². The van der Waals surface area contributed by atoms with Crippen molar-refractivity contribution in [3.8, 4) is 0 Å². The predicted octanol–water partition coefficient (Wildman–Crippen LogP) is -5.79. The molecule has 0 rings (SSSR count). The van der Waals surface area contributed by atoms with Gasteiger partial charge in [0.2, 0.25) is 0 Å². The van der Waals surface area contributed by atoms with Crippen LogP contribution in [0.5, 0.6) is 0 Å². The maximum absolute atomic E-state index is 10.1. The first-order valence-corrected chi connectivity index (χ1v) is 3.27. The molecular weight excluding hydrogens is 205 g/mol. The van der Waals surface area contributed by atoms with Crippen LogP contribution in [0.2, 0.25) is 0 Å². The van der Waals surface area contributed by atoms with Crippen LogP contribution < -0.4 is 34.7 Å². The molecule has 7 nitrogen and oxygen atoms in total. The van der Waals surface area contributed by atoms with Gasteiger partial charge in [0.1, 0.15) is 0 Å². The normalized spacial score (nSPS) is 9.21. The Kier molecular flexibility index (Phi) is 8.75. The van der Waals surface area contributed by atoms with E-state index in [9.17, 15) is 19.5 Å². The Morgan fingerprint density at radius 1 is 1.00 bits per heavy atom. The first kappa shape index (κ1) is 15.8. The Labute approximate surface area is 102 Å². The van der Waals surface area contributed by atoms with Crippen molar-refractivity contribution < 1.29 is 59.3 Å². The van der Waals surface area contributed by atoms with Crippen molar-refractivity contribution in [3.63, 3.8) is 0 Å². The molecule has 0 saturated heterocycles. The van der Waals surface area contributed by atoms with Crippen molar-refractivity contribution in [2.24, 2.45) is 0 Å². The predicted molar refractivity (Wildman–Crippen MR) is 36.7 cm³/mol. The summed E-state index contributed by atoms with van der Waals surface area (Å²) in [6.07, 6.45) is 0. The number of aliphatic carboxylic acids is 3. The van der Waals surface area contributed by atoms with Crippen LogP contribution in [-0.2, 0) is 14.4 Å². The van der Waals surface area contributed by atoms with Crippen LogP contribution in [0.25, 0.3) is 0 Å². The van der Waals surface area contributed by atoms with Crippen molar-refractivity contribution >= 4 is 17.9 Å². The molecule has 14 heavy (non-hydrogen) atoms. The fourth-order valence-electron chi connectivity index (χ4n) is 0.733. The standard InChI is InChI=1S/C6H9NO6.Na/c8-4(9)1-7(2-5(10)11)3-6(12)13;/h1-3H2,(H,8,9)(H,10,11)(H,12,13);/q;+1/p-1. The van der Waals surface area contributed by atoms with Gasteiger partial charge in [0.05, 0.1) is 19.1 Å². The third kappa shape index (κ3) is 9.46. The number of rotatable bonds is 6. The smallest absolute Gasteiger partial charge is 0.549 e. The molecule has 0 unspecified atom stereocenters. The molecule has 0 aliphatic carbocycles. The Morgan fingerprint density at radius 2 is 1.36 bits per heavy atom. The largest absolute Gasteiger partial charge is 1.00 e. The van der Waals surface area contributed by atoms with E-state index in [0.29, 0.717) is 0 Å². The zero-order valence-electron chi connectivity index (χ0n) is 7.60. The van der Waals surface area contributed by atoms with Gasteiger partial charge in [-0.1, -0.05) is 0 Å². The van der Waals surface area contributed by atoms with Crippen LogP contribution in [0.15, 0.2) is 0 Å². The minimum absolute atomic E-state index is 0. The van der Waals surface area contributed by atoms with Crippen LogP contribution in [0.1, 0.15) is 0 Å². The van der Waals surface area contributed by atoms with E-state index in [1.165, 1.54) is 0 Å². The summed E-state index contributed by atoms with van der Waals surface area (Å²) < 4.78 is 0. The number of nitrogens with zero attached hydrogens (tertiary/aromatic N) is 1. The second-order valence-electron chi connectivity index (χ2n) is 2.30. The Hall–Kier alpha value is -0.630. The summed E-state index contributed by atoms with van der Waals surface area (Å²) in [7, 11) is 0. The third-order valence-corrected chi connectivity index (χ3v) is 1.07. The fraction of sp³-hybridized carbons (Fsp3) is 0.500. The van der Waals surface area contributed by atoms with Gasteiger partial charge in [0, 0.05) is 6.54 Å². The molecule has 0 bridgehead atoms.